The Labute approximate surface area is 130 Å². The Bertz CT molecular complexity index is 645. The van der Waals surface area contributed by atoms with Crippen LogP contribution in [-0.2, 0) is 14.6 Å². The molecule has 0 saturated carbocycles. The first kappa shape index (κ1) is 15.3. The second-order valence-corrected chi connectivity index (χ2v) is 8.52. The molecule has 0 bridgehead atoms. The summed E-state index contributed by atoms with van der Waals surface area (Å²) in [5, 5.41) is 9.33. The number of phenolic OH excluding ortho intramolecular Hbond substituents is 1. The van der Waals surface area contributed by atoms with Crippen molar-refractivity contribution in [3.8, 4) is 5.75 Å². The van der Waals surface area contributed by atoms with Crippen LogP contribution < -0.4 is 0 Å². The van der Waals surface area contributed by atoms with Crippen LogP contribution in [-0.4, -0.2) is 48.9 Å². The summed E-state index contributed by atoms with van der Waals surface area (Å²) < 4.78 is 23.0. The first-order valence-electron chi connectivity index (χ1n) is 7.73. The van der Waals surface area contributed by atoms with Crippen molar-refractivity contribution in [1.29, 1.82) is 0 Å². The van der Waals surface area contributed by atoms with Gasteiger partial charge in [0.1, 0.15) is 5.75 Å². The highest BCUT2D eigenvalue weighted by Crippen LogP contribution is 2.30. The summed E-state index contributed by atoms with van der Waals surface area (Å²) in [4.78, 5) is 14.2. The van der Waals surface area contributed by atoms with Gasteiger partial charge in [-0.3, -0.25) is 4.79 Å². The van der Waals surface area contributed by atoms with E-state index >= 15 is 0 Å². The average Bonchev–Trinajstić information content (AvgIpc) is 2.88. The minimum absolute atomic E-state index is 0.00484. The molecule has 0 aromatic heterocycles. The number of phenols is 1. The quantitative estimate of drug-likeness (QED) is 0.896. The van der Waals surface area contributed by atoms with Crippen LogP contribution in [0.5, 0.6) is 5.75 Å². The molecule has 1 amide bonds. The molecule has 1 atom stereocenters. The van der Waals surface area contributed by atoms with E-state index in [1.54, 1.807) is 12.1 Å². The maximum absolute atomic E-state index is 12.4. The van der Waals surface area contributed by atoms with E-state index in [4.69, 9.17) is 0 Å². The molecular weight excluding hydrogens is 302 g/mol. The van der Waals surface area contributed by atoms with Crippen LogP contribution in [0.1, 0.15) is 30.7 Å². The molecule has 6 heteroatoms. The third kappa shape index (κ3) is 3.27. The van der Waals surface area contributed by atoms with Gasteiger partial charge in [-0.1, -0.05) is 12.1 Å². The Hall–Kier alpha value is -1.56. The molecule has 1 unspecified atom stereocenters. The lowest BCUT2D eigenvalue weighted by molar-refractivity contribution is -0.135. The highest BCUT2D eigenvalue weighted by molar-refractivity contribution is 7.91. The van der Waals surface area contributed by atoms with Crippen molar-refractivity contribution in [3.05, 3.63) is 29.8 Å². The molecule has 5 nitrogen and oxygen atoms in total. The average molecular weight is 323 g/mol. The van der Waals surface area contributed by atoms with E-state index in [1.807, 2.05) is 17.0 Å². The molecule has 2 aliphatic heterocycles. The number of benzene rings is 1. The maximum Gasteiger partial charge on any atom is 0.226 e. The van der Waals surface area contributed by atoms with Crippen molar-refractivity contribution >= 4 is 15.7 Å². The van der Waals surface area contributed by atoms with Crippen molar-refractivity contribution < 1.29 is 18.3 Å². The minimum atomic E-state index is -3.01. The number of carbonyl (C=O) groups is 1. The Morgan fingerprint density at radius 3 is 2.27 bits per heavy atom. The van der Waals surface area contributed by atoms with E-state index in [2.05, 4.69) is 0 Å². The zero-order valence-corrected chi connectivity index (χ0v) is 13.3. The summed E-state index contributed by atoms with van der Waals surface area (Å²) in [5.41, 5.74) is 1.19. The normalized spacial score (nSPS) is 25.3. The van der Waals surface area contributed by atoms with Gasteiger partial charge in [0.05, 0.1) is 17.4 Å². The van der Waals surface area contributed by atoms with Gasteiger partial charge in [-0.25, -0.2) is 8.42 Å². The largest absolute Gasteiger partial charge is 0.508 e. The number of nitrogens with zero attached hydrogens (tertiary/aromatic N) is 1. The lowest BCUT2D eigenvalue weighted by Crippen LogP contribution is -2.41. The van der Waals surface area contributed by atoms with E-state index in [0.29, 0.717) is 25.4 Å². The second kappa shape index (κ2) is 5.91. The van der Waals surface area contributed by atoms with E-state index < -0.39 is 9.84 Å². The molecule has 1 aromatic rings. The molecule has 1 N–H and O–H groups in total. The van der Waals surface area contributed by atoms with Gasteiger partial charge in [0, 0.05) is 13.1 Å². The molecule has 120 valence electrons. The van der Waals surface area contributed by atoms with E-state index in [1.165, 1.54) is 5.56 Å². The molecule has 2 aliphatic rings. The van der Waals surface area contributed by atoms with Crippen LogP contribution in [0.4, 0.5) is 0 Å². The third-order valence-corrected chi connectivity index (χ3v) is 6.52. The standard InChI is InChI=1S/C16H21NO4S/c18-15-3-1-12(2-4-15)13-5-8-17(9-6-13)16(19)14-7-10-22(20,21)11-14/h1-4,13-14,18H,5-11H2. The number of hydrogen-bond donors (Lipinski definition) is 1. The summed E-state index contributed by atoms with van der Waals surface area (Å²) in [5.74, 6) is 0.494. The van der Waals surface area contributed by atoms with Crippen molar-refractivity contribution in [2.75, 3.05) is 24.6 Å². The van der Waals surface area contributed by atoms with E-state index in [9.17, 15) is 18.3 Å². The molecule has 2 heterocycles. The zero-order chi connectivity index (χ0) is 15.7. The maximum atomic E-state index is 12.4. The van der Waals surface area contributed by atoms with Gasteiger partial charge in [0.25, 0.3) is 0 Å². The molecular formula is C16H21NO4S. The summed E-state index contributed by atoms with van der Waals surface area (Å²) in [7, 11) is -3.01. The molecule has 2 saturated heterocycles. The predicted molar refractivity (Wildman–Crippen MR) is 83.4 cm³/mol. The van der Waals surface area contributed by atoms with E-state index in [-0.39, 0.29) is 29.1 Å². The number of hydrogen-bond acceptors (Lipinski definition) is 4. The first-order valence-corrected chi connectivity index (χ1v) is 9.55. The van der Waals surface area contributed by atoms with Crippen molar-refractivity contribution in [2.24, 2.45) is 5.92 Å². The summed E-state index contributed by atoms with van der Waals surface area (Å²) in [6.07, 6.45) is 2.24. The third-order valence-electron chi connectivity index (χ3n) is 4.75. The fourth-order valence-electron chi connectivity index (χ4n) is 3.43. The molecule has 3 rings (SSSR count). The van der Waals surface area contributed by atoms with Crippen LogP contribution in [0, 0.1) is 5.92 Å². The molecule has 22 heavy (non-hydrogen) atoms. The summed E-state index contributed by atoms with van der Waals surface area (Å²) >= 11 is 0. The number of rotatable bonds is 2. The lowest BCUT2D eigenvalue weighted by atomic mass is 9.89. The zero-order valence-electron chi connectivity index (χ0n) is 12.4. The van der Waals surface area contributed by atoms with Gasteiger partial charge < -0.3 is 10.0 Å². The topological polar surface area (TPSA) is 74.7 Å². The van der Waals surface area contributed by atoms with Gasteiger partial charge in [-0.05, 0) is 42.9 Å². The molecule has 0 radical (unpaired) electrons. The Morgan fingerprint density at radius 1 is 1.09 bits per heavy atom. The Kier molecular flexibility index (Phi) is 4.12. The Balaban J connectivity index is 1.57. The van der Waals surface area contributed by atoms with Gasteiger partial charge in [-0.15, -0.1) is 0 Å². The Morgan fingerprint density at radius 2 is 1.73 bits per heavy atom. The van der Waals surface area contributed by atoms with E-state index in [0.717, 1.165) is 12.8 Å². The number of piperidine rings is 1. The van der Waals surface area contributed by atoms with Crippen molar-refractivity contribution in [1.82, 2.24) is 4.90 Å². The monoisotopic (exact) mass is 323 g/mol. The van der Waals surface area contributed by atoms with Crippen molar-refractivity contribution in [3.63, 3.8) is 0 Å². The number of amides is 1. The smallest absolute Gasteiger partial charge is 0.226 e. The molecule has 0 spiro atoms. The highest BCUT2D eigenvalue weighted by atomic mass is 32.2. The highest BCUT2D eigenvalue weighted by Gasteiger charge is 2.36. The van der Waals surface area contributed by atoms with Crippen LogP contribution in [0.15, 0.2) is 24.3 Å². The number of aromatic hydroxyl groups is 1. The lowest BCUT2D eigenvalue weighted by Gasteiger charge is -2.33. The minimum Gasteiger partial charge on any atom is -0.508 e. The van der Waals surface area contributed by atoms with Crippen molar-refractivity contribution in [2.45, 2.75) is 25.2 Å². The second-order valence-electron chi connectivity index (χ2n) is 6.29. The van der Waals surface area contributed by atoms with Gasteiger partial charge in [0.2, 0.25) is 5.91 Å². The van der Waals surface area contributed by atoms with Crippen LogP contribution in [0.3, 0.4) is 0 Å². The number of carbonyl (C=O) groups excluding carboxylic acids is 1. The molecule has 0 aliphatic carbocycles. The molecule has 1 aromatic carbocycles. The summed E-state index contributed by atoms with van der Waals surface area (Å²) in [6.45, 7) is 1.36. The fraction of sp³-hybridized carbons (Fsp3) is 0.562. The SMILES string of the molecule is O=C(C1CCS(=O)(=O)C1)N1CCC(c2ccc(O)cc2)CC1. The van der Waals surface area contributed by atoms with Crippen LogP contribution >= 0.6 is 0 Å². The van der Waals surface area contributed by atoms with Gasteiger partial charge in [-0.2, -0.15) is 0 Å². The number of sulfone groups is 1. The molecule has 2 fully saturated rings. The number of likely N-dealkylation sites (tertiary alicyclic amines) is 1. The van der Waals surface area contributed by atoms with Gasteiger partial charge in [0.15, 0.2) is 9.84 Å². The van der Waals surface area contributed by atoms with Crippen LogP contribution in [0.2, 0.25) is 0 Å². The first-order chi connectivity index (χ1) is 10.4. The van der Waals surface area contributed by atoms with Gasteiger partial charge >= 0.3 is 0 Å². The predicted octanol–water partition coefficient (Wildman–Crippen LogP) is 1.53. The fourth-order valence-corrected chi connectivity index (χ4v) is 5.16. The van der Waals surface area contributed by atoms with Crippen LogP contribution in [0.25, 0.3) is 0 Å². The summed E-state index contributed by atoms with van der Waals surface area (Å²) in [6, 6.07) is 7.24.